The molecule has 9 heteroatoms. The summed E-state index contributed by atoms with van der Waals surface area (Å²) in [5.41, 5.74) is 7.23. The molecule has 0 radical (unpaired) electrons. The van der Waals surface area contributed by atoms with E-state index in [9.17, 15) is 4.39 Å². The molecule has 0 amide bonds. The van der Waals surface area contributed by atoms with E-state index < -0.39 is 0 Å². The largest absolute Gasteiger partial charge is 0.493 e. The molecule has 0 bridgehead atoms. The normalized spacial score (nSPS) is 15.9. The molecule has 1 aliphatic rings. The number of benzene rings is 1. The zero-order valence-corrected chi connectivity index (χ0v) is 16.8. The Morgan fingerprint density at radius 1 is 1.26 bits per heavy atom. The number of rotatable bonds is 3. The molecule has 2 aromatic rings. The van der Waals surface area contributed by atoms with Crippen LogP contribution < -0.4 is 20.5 Å². The summed E-state index contributed by atoms with van der Waals surface area (Å²) in [6.07, 6.45) is 0. The second-order valence-electron chi connectivity index (χ2n) is 4.78. The maximum atomic E-state index is 14.4. The van der Waals surface area contributed by atoms with Gasteiger partial charge in [-0.1, -0.05) is 0 Å². The number of nitrogens with one attached hydrogen (secondary N) is 1. The van der Waals surface area contributed by atoms with E-state index >= 15 is 0 Å². The predicted octanol–water partition coefficient (Wildman–Crippen LogP) is 3.27. The Hall–Kier alpha value is -0.900. The minimum atomic E-state index is -0.320. The van der Waals surface area contributed by atoms with Gasteiger partial charge in [0.2, 0.25) is 0 Å². The summed E-state index contributed by atoms with van der Waals surface area (Å²) in [4.78, 5) is 5.30. The monoisotopic (exact) mass is 469 g/mol. The highest BCUT2D eigenvalue weighted by Gasteiger charge is 2.28. The van der Waals surface area contributed by atoms with Crippen molar-refractivity contribution in [1.29, 1.82) is 0 Å². The number of nitrogens with zero attached hydrogens (tertiary/aromatic N) is 1. The third-order valence-corrected chi connectivity index (χ3v) is 4.62. The van der Waals surface area contributed by atoms with Crippen molar-refractivity contribution in [2.24, 2.45) is 0 Å². The third-order valence-electron chi connectivity index (χ3n) is 3.58. The van der Waals surface area contributed by atoms with Gasteiger partial charge in [0.1, 0.15) is 5.82 Å². The van der Waals surface area contributed by atoms with Crippen LogP contribution >= 0.6 is 45.3 Å². The van der Waals surface area contributed by atoms with E-state index in [2.05, 4.69) is 10.3 Å². The average Bonchev–Trinajstić information content (AvgIpc) is 2.87. The van der Waals surface area contributed by atoms with Crippen LogP contribution in [-0.4, -0.2) is 25.7 Å². The molecule has 0 aliphatic carbocycles. The van der Waals surface area contributed by atoms with Crippen molar-refractivity contribution in [3.8, 4) is 11.5 Å². The Morgan fingerprint density at radius 2 is 1.91 bits per heavy atom. The molecule has 1 aliphatic heterocycles. The number of methoxy groups -OCH3 is 2. The fourth-order valence-corrected chi connectivity index (χ4v) is 3.57. The highest BCUT2D eigenvalue weighted by Crippen LogP contribution is 2.40. The quantitative estimate of drug-likeness (QED) is 0.720. The Morgan fingerprint density at radius 3 is 2.57 bits per heavy atom. The summed E-state index contributed by atoms with van der Waals surface area (Å²) >= 11 is 1.41. The molecular formula is C14H18Br2FN3O2S. The highest BCUT2D eigenvalue weighted by atomic mass is 79.9. The Balaban J connectivity index is 0.00000132. The lowest BCUT2D eigenvalue weighted by atomic mass is 9.93. The van der Waals surface area contributed by atoms with Gasteiger partial charge >= 0.3 is 0 Å². The van der Waals surface area contributed by atoms with Crippen molar-refractivity contribution in [2.45, 2.75) is 12.5 Å². The zero-order valence-electron chi connectivity index (χ0n) is 12.6. The topological polar surface area (TPSA) is 69.4 Å². The fraction of sp³-hybridized carbons (Fsp3) is 0.357. The second kappa shape index (κ2) is 8.27. The van der Waals surface area contributed by atoms with Gasteiger partial charge in [-0.25, -0.2) is 9.37 Å². The number of ether oxygens (including phenoxy) is 2. The summed E-state index contributed by atoms with van der Waals surface area (Å²) in [5, 5.41) is 3.75. The molecule has 3 N–H and O–H groups in total. The van der Waals surface area contributed by atoms with Crippen LogP contribution in [0.5, 0.6) is 11.5 Å². The van der Waals surface area contributed by atoms with Gasteiger partial charge < -0.3 is 20.5 Å². The smallest absolute Gasteiger partial charge is 0.180 e. The van der Waals surface area contributed by atoms with Crippen molar-refractivity contribution in [1.82, 2.24) is 10.3 Å². The molecule has 1 atom stereocenters. The van der Waals surface area contributed by atoms with Crippen LogP contribution in [0, 0.1) is 5.82 Å². The van der Waals surface area contributed by atoms with Crippen molar-refractivity contribution >= 4 is 50.4 Å². The lowest BCUT2D eigenvalue weighted by molar-refractivity contribution is 0.351. The number of nitrogen functional groups attached to an aromatic ring is 1. The van der Waals surface area contributed by atoms with Crippen molar-refractivity contribution in [2.75, 3.05) is 26.5 Å². The Bertz CT molecular complexity index is 684. The number of hydrogen-bond acceptors (Lipinski definition) is 6. The van der Waals surface area contributed by atoms with Gasteiger partial charge in [0, 0.05) is 35.5 Å². The molecule has 0 fully saturated rings. The van der Waals surface area contributed by atoms with Crippen LogP contribution in [0.2, 0.25) is 0 Å². The van der Waals surface area contributed by atoms with Crippen LogP contribution in [0.3, 0.4) is 0 Å². The fourth-order valence-electron chi connectivity index (χ4n) is 2.60. The van der Waals surface area contributed by atoms with Gasteiger partial charge in [-0.3, -0.25) is 0 Å². The van der Waals surface area contributed by atoms with E-state index in [1.807, 2.05) is 0 Å². The van der Waals surface area contributed by atoms with Gasteiger partial charge in [0.25, 0.3) is 0 Å². The van der Waals surface area contributed by atoms with Gasteiger partial charge in [0.15, 0.2) is 16.6 Å². The van der Waals surface area contributed by atoms with Crippen molar-refractivity contribution < 1.29 is 13.9 Å². The first-order valence-electron chi connectivity index (χ1n) is 6.51. The number of hydrogen-bond donors (Lipinski definition) is 2. The van der Waals surface area contributed by atoms with E-state index in [1.54, 1.807) is 6.07 Å². The molecule has 1 aromatic heterocycles. The van der Waals surface area contributed by atoms with E-state index in [0.29, 0.717) is 35.3 Å². The van der Waals surface area contributed by atoms with E-state index in [-0.39, 0.29) is 45.7 Å². The first-order valence-corrected chi connectivity index (χ1v) is 7.33. The van der Waals surface area contributed by atoms with Crippen LogP contribution in [0.1, 0.15) is 22.1 Å². The first kappa shape index (κ1) is 20.1. The Labute approximate surface area is 158 Å². The zero-order chi connectivity index (χ0) is 15.0. The van der Waals surface area contributed by atoms with Gasteiger partial charge in [-0.15, -0.1) is 45.3 Å². The molecule has 1 unspecified atom stereocenters. The number of nitrogens with two attached hydrogens (primary N) is 1. The molecule has 1 aromatic carbocycles. The van der Waals surface area contributed by atoms with E-state index in [0.717, 1.165) is 10.6 Å². The summed E-state index contributed by atoms with van der Waals surface area (Å²) in [5.74, 6) is 0.452. The summed E-state index contributed by atoms with van der Waals surface area (Å²) in [6, 6.07) is 3.04. The lowest BCUT2D eigenvalue weighted by Crippen LogP contribution is -2.28. The Kier molecular flexibility index (Phi) is 7.25. The third kappa shape index (κ3) is 3.78. The standard InChI is InChI=1S/C14H16FN3O2S.2BrH/c1-19-11-3-7(9(15)4-12(11)20-2)8-5-17-6-10-13(8)21-14(16)18-10;;/h3-4,8,17H,5-6H2,1-2H3,(H2,16,18);2*1H. The molecule has 0 spiro atoms. The van der Waals surface area contributed by atoms with Crippen molar-refractivity contribution in [3.05, 3.63) is 34.1 Å². The average molecular weight is 471 g/mol. The maximum Gasteiger partial charge on any atom is 0.180 e. The minimum absolute atomic E-state index is 0. The minimum Gasteiger partial charge on any atom is -0.493 e. The highest BCUT2D eigenvalue weighted by molar-refractivity contribution is 8.93. The van der Waals surface area contributed by atoms with Gasteiger partial charge in [-0.2, -0.15) is 0 Å². The number of fused-ring (bicyclic) bond motifs is 1. The van der Waals surface area contributed by atoms with Crippen LogP contribution in [0.4, 0.5) is 9.52 Å². The molecule has 23 heavy (non-hydrogen) atoms. The van der Waals surface area contributed by atoms with E-state index in [4.69, 9.17) is 15.2 Å². The van der Waals surface area contributed by atoms with Crippen molar-refractivity contribution in [3.63, 3.8) is 0 Å². The summed E-state index contributed by atoms with van der Waals surface area (Å²) in [6.45, 7) is 1.30. The first-order chi connectivity index (χ1) is 10.1. The number of halogens is 3. The van der Waals surface area contributed by atoms with Crippen LogP contribution in [-0.2, 0) is 6.54 Å². The van der Waals surface area contributed by atoms with Crippen LogP contribution in [0.25, 0.3) is 0 Å². The molecule has 0 saturated heterocycles. The molecule has 3 rings (SSSR count). The van der Waals surface area contributed by atoms with Gasteiger partial charge in [0.05, 0.1) is 19.9 Å². The lowest BCUT2D eigenvalue weighted by Gasteiger charge is -2.24. The molecule has 128 valence electrons. The summed E-state index contributed by atoms with van der Waals surface area (Å²) < 4.78 is 24.8. The van der Waals surface area contributed by atoms with Gasteiger partial charge in [-0.05, 0) is 6.07 Å². The van der Waals surface area contributed by atoms with E-state index in [1.165, 1.54) is 31.6 Å². The molecule has 0 saturated carbocycles. The number of anilines is 1. The SMILES string of the molecule is Br.Br.COc1cc(F)c(C2CNCc3nc(N)sc32)cc1OC. The second-order valence-corrected chi connectivity index (χ2v) is 5.84. The molecular weight excluding hydrogens is 453 g/mol. The van der Waals surface area contributed by atoms with Crippen LogP contribution in [0.15, 0.2) is 12.1 Å². The summed E-state index contributed by atoms with van der Waals surface area (Å²) in [7, 11) is 3.02. The maximum absolute atomic E-state index is 14.4. The number of thiazole rings is 1. The number of aromatic nitrogens is 1. The molecule has 2 heterocycles. The predicted molar refractivity (Wildman–Crippen MR) is 100 cm³/mol. The molecule has 5 nitrogen and oxygen atoms in total.